The Bertz CT molecular complexity index is 597. The number of halogens is 3. The highest BCUT2D eigenvalue weighted by Gasteiger charge is 2.12. The van der Waals surface area contributed by atoms with E-state index in [-0.39, 0.29) is 6.42 Å². The molecule has 0 heterocycles. The van der Waals surface area contributed by atoms with Crippen LogP contribution in [-0.2, 0) is 6.42 Å². The van der Waals surface area contributed by atoms with Crippen LogP contribution in [0.1, 0.15) is 17.2 Å². The highest BCUT2D eigenvalue weighted by atomic mass is 79.9. The molecule has 1 N–H and O–H groups in total. The Morgan fingerprint density at radius 2 is 1.80 bits per heavy atom. The number of aliphatic hydroxyl groups is 1. The van der Waals surface area contributed by atoms with E-state index in [1.165, 1.54) is 12.1 Å². The van der Waals surface area contributed by atoms with Crippen molar-refractivity contribution in [2.75, 3.05) is 7.11 Å². The Labute approximate surface area is 124 Å². The lowest BCUT2D eigenvalue weighted by Crippen LogP contribution is -2.03. The Morgan fingerprint density at radius 3 is 2.35 bits per heavy atom. The molecule has 0 aliphatic heterocycles. The lowest BCUT2D eigenvalue weighted by Gasteiger charge is -2.13. The van der Waals surface area contributed by atoms with Gasteiger partial charge in [0.25, 0.3) is 0 Å². The molecule has 1 unspecified atom stereocenters. The van der Waals surface area contributed by atoms with Crippen LogP contribution in [0.3, 0.4) is 0 Å². The predicted molar refractivity (Wildman–Crippen MR) is 75.7 cm³/mol. The van der Waals surface area contributed by atoms with E-state index < -0.39 is 17.7 Å². The van der Waals surface area contributed by atoms with Gasteiger partial charge in [0, 0.05) is 12.5 Å². The van der Waals surface area contributed by atoms with Crippen LogP contribution in [-0.4, -0.2) is 12.2 Å². The first kappa shape index (κ1) is 14.9. The molecule has 2 aromatic rings. The molecular weight excluding hydrogens is 330 g/mol. The number of hydrogen-bond donors (Lipinski definition) is 1. The van der Waals surface area contributed by atoms with Crippen LogP contribution in [0.4, 0.5) is 8.78 Å². The van der Waals surface area contributed by atoms with Crippen molar-refractivity contribution in [2.45, 2.75) is 12.5 Å². The van der Waals surface area contributed by atoms with Gasteiger partial charge in [-0.2, -0.15) is 0 Å². The summed E-state index contributed by atoms with van der Waals surface area (Å²) >= 11 is 3.33. The normalized spacial score (nSPS) is 12.2. The molecule has 5 heteroatoms. The van der Waals surface area contributed by atoms with Crippen molar-refractivity contribution in [1.29, 1.82) is 0 Å². The van der Waals surface area contributed by atoms with Crippen LogP contribution in [0.25, 0.3) is 0 Å². The molecule has 1 atom stereocenters. The van der Waals surface area contributed by atoms with Gasteiger partial charge in [-0.1, -0.05) is 6.07 Å². The average molecular weight is 343 g/mol. The molecule has 106 valence electrons. The first-order chi connectivity index (χ1) is 9.49. The zero-order chi connectivity index (χ0) is 14.7. The number of ether oxygens (including phenoxy) is 1. The van der Waals surface area contributed by atoms with Crippen LogP contribution >= 0.6 is 15.9 Å². The third-order valence-electron chi connectivity index (χ3n) is 2.91. The summed E-state index contributed by atoms with van der Waals surface area (Å²) in [5, 5.41) is 10.1. The van der Waals surface area contributed by atoms with Crippen LogP contribution in [0.5, 0.6) is 5.75 Å². The minimum absolute atomic E-state index is 0.132. The molecule has 2 nitrogen and oxygen atoms in total. The molecule has 0 bridgehead atoms. The number of hydrogen-bond acceptors (Lipinski definition) is 2. The van der Waals surface area contributed by atoms with E-state index in [2.05, 4.69) is 15.9 Å². The van der Waals surface area contributed by atoms with Gasteiger partial charge in [0.2, 0.25) is 0 Å². The van der Waals surface area contributed by atoms with Crippen molar-refractivity contribution in [3.8, 4) is 5.75 Å². The summed E-state index contributed by atoms with van der Waals surface area (Å²) < 4.78 is 32.0. The Balaban J connectivity index is 2.19. The van der Waals surface area contributed by atoms with E-state index in [1.807, 2.05) is 0 Å². The van der Waals surface area contributed by atoms with E-state index in [9.17, 15) is 13.9 Å². The fourth-order valence-electron chi connectivity index (χ4n) is 1.96. The van der Waals surface area contributed by atoms with Crippen molar-refractivity contribution in [3.63, 3.8) is 0 Å². The van der Waals surface area contributed by atoms with Crippen LogP contribution in [0, 0.1) is 11.6 Å². The zero-order valence-electron chi connectivity index (χ0n) is 10.7. The molecule has 0 fully saturated rings. The number of methoxy groups -OCH3 is 1. The van der Waals surface area contributed by atoms with Crippen molar-refractivity contribution in [1.82, 2.24) is 0 Å². The summed E-state index contributed by atoms with van der Waals surface area (Å²) in [5.41, 5.74) is 1.05. The maximum atomic E-state index is 13.1. The highest BCUT2D eigenvalue weighted by Crippen LogP contribution is 2.29. The zero-order valence-corrected chi connectivity index (χ0v) is 12.3. The van der Waals surface area contributed by atoms with Gasteiger partial charge in [-0.15, -0.1) is 0 Å². The Morgan fingerprint density at radius 1 is 1.15 bits per heavy atom. The predicted octanol–water partition coefficient (Wildman–Crippen LogP) is 4.01. The van der Waals surface area contributed by atoms with Crippen molar-refractivity contribution < 1.29 is 18.6 Å². The van der Waals surface area contributed by atoms with Gasteiger partial charge in [-0.3, -0.25) is 0 Å². The average Bonchev–Trinajstić information content (AvgIpc) is 2.37. The second kappa shape index (κ2) is 6.33. The van der Waals surface area contributed by atoms with Gasteiger partial charge in [0.1, 0.15) is 17.4 Å². The standard InChI is InChI=1S/C15H13BrF2O2/c1-20-15-3-2-10(7-13(15)16)14(19)6-9-4-11(17)8-12(18)5-9/h2-5,7-8,14,19H,6H2,1H3. The van der Waals surface area contributed by atoms with E-state index in [4.69, 9.17) is 4.74 Å². The van der Waals surface area contributed by atoms with Crippen LogP contribution in [0.15, 0.2) is 40.9 Å². The molecule has 0 aliphatic rings. The molecule has 0 aromatic heterocycles. The Hall–Kier alpha value is -1.46. The molecule has 0 saturated carbocycles. The maximum Gasteiger partial charge on any atom is 0.133 e. The fraction of sp³-hybridized carbons (Fsp3) is 0.200. The van der Waals surface area contributed by atoms with E-state index in [1.54, 1.807) is 25.3 Å². The molecule has 0 radical (unpaired) electrons. The summed E-state index contributed by atoms with van der Waals surface area (Å²) in [6, 6.07) is 8.38. The summed E-state index contributed by atoms with van der Waals surface area (Å²) in [6.07, 6.45) is -0.716. The Kier molecular flexibility index (Phi) is 4.73. The van der Waals surface area contributed by atoms with Gasteiger partial charge in [0.05, 0.1) is 17.7 Å². The van der Waals surface area contributed by atoms with Gasteiger partial charge >= 0.3 is 0 Å². The highest BCUT2D eigenvalue weighted by molar-refractivity contribution is 9.10. The fourth-order valence-corrected chi connectivity index (χ4v) is 2.52. The second-order valence-corrected chi connectivity index (χ2v) is 5.25. The monoisotopic (exact) mass is 342 g/mol. The molecule has 2 aromatic carbocycles. The van der Waals surface area contributed by atoms with E-state index in [0.717, 1.165) is 6.07 Å². The number of aliphatic hydroxyl groups excluding tert-OH is 1. The second-order valence-electron chi connectivity index (χ2n) is 4.39. The SMILES string of the molecule is COc1ccc(C(O)Cc2cc(F)cc(F)c2)cc1Br. The molecule has 20 heavy (non-hydrogen) atoms. The molecule has 0 spiro atoms. The lowest BCUT2D eigenvalue weighted by atomic mass is 10.0. The quantitative estimate of drug-likeness (QED) is 0.909. The first-order valence-corrected chi connectivity index (χ1v) is 6.75. The maximum absolute atomic E-state index is 13.1. The molecule has 0 aliphatic carbocycles. The molecule has 0 amide bonds. The van der Waals surface area contributed by atoms with Crippen molar-refractivity contribution >= 4 is 15.9 Å². The van der Waals surface area contributed by atoms with E-state index in [0.29, 0.717) is 21.3 Å². The number of rotatable bonds is 4. The molecule has 2 rings (SSSR count). The third kappa shape index (κ3) is 3.55. The third-order valence-corrected chi connectivity index (χ3v) is 3.53. The van der Waals surface area contributed by atoms with Crippen molar-refractivity contribution in [3.05, 3.63) is 63.6 Å². The van der Waals surface area contributed by atoms with E-state index >= 15 is 0 Å². The number of benzene rings is 2. The lowest BCUT2D eigenvalue weighted by molar-refractivity contribution is 0.178. The summed E-state index contributed by atoms with van der Waals surface area (Å²) in [7, 11) is 1.55. The largest absolute Gasteiger partial charge is 0.496 e. The van der Waals surface area contributed by atoms with Gasteiger partial charge < -0.3 is 9.84 Å². The summed E-state index contributed by atoms with van der Waals surface area (Å²) in [6.45, 7) is 0. The molecular formula is C15H13BrF2O2. The topological polar surface area (TPSA) is 29.5 Å². The molecule has 0 saturated heterocycles. The van der Waals surface area contributed by atoms with Crippen LogP contribution in [0.2, 0.25) is 0 Å². The van der Waals surface area contributed by atoms with Gasteiger partial charge in [-0.05, 0) is 51.3 Å². The van der Waals surface area contributed by atoms with Crippen LogP contribution < -0.4 is 4.74 Å². The van der Waals surface area contributed by atoms with Gasteiger partial charge in [0.15, 0.2) is 0 Å². The summed E-state index contributed by atoms with van der Waals surface area (Å²) in [4.78, 5) is 0. The minimum atomic E-state index is -0.849. The first-order valence-electron chi connectivity index (χ1n) is 5.96. The van der Waals surface area contributed by atoms with Gasteiger partial charge in [-0.25, -0.2) is 8.78 Å². The van der Waals surface area contributed by atoms with Crippen molar-refractivity contribution in [2.24, 2.45) is 0 Å². The minimum Gasteiger partial charge on any atom is -0.496 e. The smallest absolute Gasteiger partial charge is 0.133 e. The summed E-state index contributed by atoms with van der Waals surface area (Å²) in [5.74, 6) is -0.649.